The number of rotatable bonds is 7. The number of hydrogen-bond donors (Lipinski definition) is 1. The van der Waals surface area contributed by atoms with Crippen molar-refractivity contribution in [2.75, 3.05) is 39.2 Å². The number of thiazole rings is 1. The standard InChI is InChI=1S/C20H22ClN3O2S/c1-23(2)12-5-13-24(19(25)14-8-10-15(21)11-9-14)20-22-18-16(26-3)6-4-7-17(18)27-20/h4,6-11H,5,12-13H2,1-3H3/p+1. The first kappa shape index (κ1) is 19.6. The van der Waals surface area contributed by atoms with Crippen molar-refractivity contribution >= 4 is 44.2 Å². The van der Waals surface area contributed by atoms with Gasteiger partial charge in [-0.15, -0.1) is 0 Å². The van der Waals surface area contributed by atoms with Gasteiger partial charge in [0.15, 0.2) is 5.13 Å². The molecule has 1 aromatic heterocycles. The average molecular weight is 405 g/mol. The monoisotopic (exact) mass is 404 g/mol. The lowest BCUT2D eigenvalue weighted by Crippen LogP contribution is -3.05. The maximum Gasteiger partial charge on any atom is 0.260 e. The second-order valence-electron chi connectivity index (χ2n) is 6.58. The molecule has 2 aromatic carbocycles. The molecule has 0 saturated heterocycles. The minimum Gasteiger partial charge on any atom is -0.494 e. The van der Waals surface area contributed by atoms with Crippen LogP contribution in [0.4, 0.5) is 5.13 Å². The molecule has 0 aliphatic carbocycles. The number of carbonyl (C=O) groups excluding carboxylic acids is 1. The van der Waals surface area contributed by atoms with Crippen molar-refractivity contribution in [1.29, 1.82) is 0 Å². The second-order valence-corrected chi connectivity index (χ2v) is 8.02. The summed E-state index contributed by atoms with van der Waals surface area (Å²) in [5.41, 5.74) is 1.38. The van der Waals surface area contributed by atoms with E-state index in [1.54, 1.807) is 36.3 Å². The van der Waals surface area contributed by atoms with Gasteiger partial charge in [0.1, 0.15) is 11.3 Å². The van der Waals surface area contributed by atoms with Crippen molar-refractivity contribution in [1.82, 2.24) is 4.98 Å². The highest BCUT2D eigenvalue weighted by Crippen LogP contribution is 2.34. The number of halogens is 1. The van der Waals surface area contributed by atoms with Gasteiger partial charge in [0.25, 0.3) is 5.91 Å². The van der Waals surface area contributed by atoms with E-state index in [1.807, 2.05) is 18.2 Å². The fourth-order valence-corrected chi connectivity index (χ4v) is 3.95. The predicted molar refractivity (Wildman–Crippen MR) is 112 cm³/mol. The van der Waals surface area contributed by atoms with E-state index in [9.17, 15) is 4.79 Å². The van der Waals surface area contributed by atoms with E-state index in [0.717, 1.165) is 23.2 Å². The lowest BCUT2D eigenvalue weighted by molar-refractivity contribution is -0.858. The van der Waals surface area contributed by atoms with Gasteiger partial charge in [0, 0.05) is 23.6 Å². The molecular weight excluding hydrogens is 382 g/mol. The largest absolute Gasteiger partial charge is 0.494 e. The fourth-order valence-electron chi connectivity index (χ4n) is 2.81. The van der Waals surface area contributed by atoms with Gasteiger partial charge >= 0.3 is 0 Å². The van der Waals surface area contributed by atoms with E-state index in [4.69, 9.17) is 21.3 Å². The first-order valence-corrected chi connectivity index (χ1v) is 9.99. The van der Waals surface area contributed by atoms with Gasteiger partial charge in [0.2, 0.25) is 0 Å². The normalized spacial score (nSPS) is 11.1. The predicted octanol–water partition coefficient (Wildman–Crippen LogP) is 3.14. The molecule has 0 radical (unpaired) electrons. The van der Waals surface area contributed by atoms with E-state index in [-0.39, 0.29) is 5.91 Å². The van der Waals surface area contributed by atoms with Crippen LogP contribution < -0.4 is 14.5 Å². The van der Waals surface area contributed by atoms with Crippen LogP contribution >= 0.6 is 22.9 Å². The molecule has 142 valence electrons. The minimum absolute atomic E-state index is 0.0709. The van der Waals surface area contributed by atoms with Crippen LogP contribution in [0.3, 0.4) is 0 Å². The number of methoxy groups -OCH3 is 1. The number of aromatic nitrogens is 1. The third kappa shape index (κ3) is 4.58. The molecule has 1 heterocycles. The number of anilines is 1. The summed E-state index contributed by atoms with van der Waals surface area (Å²) in [5.74, 6) is 0.644. The molecule has 27 heavy (non-hydrogen) atoms. The SMILES string of the molecule is COc1cccc2sc(N(CCC[NH+](C)C)C(=O)c3ccc(Cl)cc3)nc12. The maximum atomic E-state index is 13.2. The Hall–Kier alpha value is -2.15. The fraction of sp³-hybridized carbons (Fsp3) is 0.300. The molecule has 5 nitrogen and oxygen atoms in total. The molecule has 0 fully saturated rings. The second kappa shape index (κ2) is 8.69. The zero-order valence-corrected chi connectivity index (χ0v) is 17.2. The summed E-state index contributed by atoms with van der Waals surface area (Å²) in [6.45, 7) is 1.58. The van der Waals surface area contributed by atoms with Crippen LogP contribution in [0.2, 0.25) is 5.02 Å². The van der Waals surface area contributed by atoms with Crippen LogP contribution in [-0.2, 0) is 0 Å². The third-order valence-corrected chi connectivity index (χ3v) is 5.51. The van der Waals surface area contributed by atoms with E-state index in [1.165, 1.54) is 16.2 Å². The molecule has 0 aliphatic rings. The summed E-state index contributed by atoms with van der Waals surface area (Å²) < 4.78 is 6.41. The molecule has 7 heteroatoms. The van der Waals surface area contributed by atoms with Crippen molar-refractivity contribution in [3.8, 4) is 5.75 Å². The van der Waals surface area contributed by atoms with Gasteiger partial charge in [-0.2, -0.15) is 0 Å². The van der Waals surface area contributed by atoms with Crippen LogP contribution in [0.15, 0.2) is 42.5 Å². The summed E-state index contributed by atoms with van der Waals surface area (Å²) in [4.78, 5) is 21.0. The average Bonchev–Trinajstić information content (AvgIpc) is 3.09. The van der Waals surface area contributed by atoms with Gasteiger partial charge in [-0.1, -0.05) is 29.0 Å². The highest BCUT2D eigenvalue weighted by molar-refractivity contribution is 7.22. The summed E-state index contributed by atoms with van der Waals surface area (Å²) in [7, 11) is 5.84. The number of para-hydroxylation sites is 1. The van der Waals surface area contributed by atoms with Gasteiger partial charge in [-0.3, -0.25) is 9.69 Å². The van der Waals surface area contributed by atoms with Crippen LogP contribution in [0.25, 0.3) is 10.2 Å². The molecule has 1 N–H and O–H groups in total. The number of carbonyl (C=O) groups is 1. The number of quaternary nitrogens is 1. The zero-order chi connectivity index (χ0) is 19.4. The number of fused-ring (bicyclic) bond motifs is 1. The van der Waals surface area contributed by atoms with E-state index in [2.05, 4.69) is 14.1 Å². The molecule has 1 amide bonds. The van der Waals surface area contributed by atoms with Gasteiger partial charge in [-0.25, -0.2) is 4.98 Å². The first-order valence-electron chi connectivity index (χ1n) is 8.79. The Morgan fingerprint density at radius 1 is 1.22 bits per heavy atom. The minimum atomic E-state index is -0.0709. The number of benzene rings is 2. The van der Waals surface area contributed by atoms with Crippen LogP contribution in [0.1, 0.15) is 16.8 Å². The Morgan fingerprint density at radius 3 is 2.63 bits per heavy atom. The van der Waals surface area contributed by atoms with Crippen molar-refractivity contribution in [3.63, 3.8) is 0 Å². The molecule has 0 bridgehead atoms. The lowest BCUT2D eigenvalue weighted by atomic mass is 10.2. The highest BCUT2D eigenvalue weighted by Gasteiger charge is 2.22. The molecule has 0 saturated carbocycles. The number of nitrogens with zero attached hydrogens (tertiary/aromatic N) is 2. The lowest BCUT2D eigenvalue weighted by Gasteiger charge is -2.20. The summed E-state index contributed by atoms with van der Waals surface area (Å²) in [6.07, 6.45) is 0.884. The van der Waals surface area contributed by atoms with E-state index >= 15 is 0 Å². The van der Waals surface area contributed by atoms with Gasteiger partial charge in [-0.05, 0) is 36.4 Å². The van der Waals surface area contributed by atoms with Crippen LogP contribution in [0.5, 0.6) is 5.75 Å². The Morgan fingerprint density at radius 2 is 1.96 bits per heavy atom. The summed E-state index contributed by atoms with van der Waals surface area (Å²) in [5, 5.41) is 1.29. The smallest absolute Gasteiger partial charge is 0.260 e. The maximum absolute atomic E-state index is 13.2. The quantitative estimate of drug-likeness (QED) is 0.658. The molecule has 0 aliphatic heterocycles. The van der Waals surface area contributed by atoms with Crippen molar-refractivity contribution in [2.45, 2.75) is 6.42 Å². The Bertz CT molecular complexity index is 925. The Kier molecular flexibility index (Phi) is 6.31. The topological polar surface area (TPSA) is 46.9 Å². The highest BCUT2D eigenvalue weighted by atomic mass is 35.5. The van der Waals surface area contributed by atoms with E-state index in [0.29, 0.717) is 28.0 Å². The number of ether oxygens (including phenoxy) is 1. The Balaban J connectivity index is 1.96. The van der Waals surface area contributed by atoms with Crippen LogP contribution in [0, 0.1) is 0 Å². The zero-order valence-electron chi connectivity index (χ0n) is 15.7. The number of hydrogen-bond acceptors (Lipinski definition) is 4. The summed E-state index contributed by atoms with van der Waals surface area (Å²) >= 11 is 7.47. The van der Waals surface area contributed by atoms with Crippen molar-refractivity contribution < 1.29 is 14.4 Å². The molecule has 0 spiro atoms. The van der Waals surface area contributed by atoms with Crippen molar-refractivity contribution in [2.24, 2.45) is 0 Å². The van der Waals surface area contributed by atoms with Crippen molar-refractivity contribution in [3.05, 3.63) is 53.1 Å². The van der Waals surface area contributed by atoms with Gasteiger partial charge in [0.05, 0.1) is 32.4 Å². The molecule has 3 rings (SSSR count). The van der Waals surface area contributed by atoms with E-state index < -0.39 is 0 Å². The molecule has 0 unspecified atom stereocenters. The van der Waals surface area contributed by atoms with Gasteiger partial charge < -0.3 is 9.64 Å². The Labute approximate surface area is 168 Å². The first-order chi connectivity index (χ1) is 13.0. The number of nitrogens with one attached hydrogen (secondary N) is 1. The molecule has 3 aromatic rings. The molecular formula is C20H23ClN3O2S+. The third-order valence-electron chi connectivity index (χ3n) is 4.22. The summed E-state index contributed by atoms with van der Waals surface area (Å²) in [6, 6.07) is 12.8. The van der Waals surface area contributed by atoms with Crippen LogP contribution in [-0.4, -0.2) is 45.2 Å². The number of amides is 1. The molecule has 0 atom stereocenters.